The molecule has 1 amide bonds. The summed E-state index contributed by atoms with van der Waals surface area (Å²) in [4.78, 5) is 23.0. The zero-order valence-corrected chi connectivity index (χ0v) is 14.7. The fourth-order valence-electron chi connectivity index (χ4n) is 2.48. The van der Waals surface area contributed by atoms with Gasteiger partial charge in [-0.25, -0.2) is 0 Å². The number of rotatable bonds is 7. The van der Waals surface area contributed by atoms with E-state index in [1.165, 1.54) is 0 Å². The Kier molecular flexibility index (Phi) is 5.97. The van der Waals surface area contributed by atoms with Gasteiger partial charge < -0.3 is 15.2 Å². The van der Waals surface area contributed by atoms with Crippen LogP contribution in [0.5, 0.6) is 11.5 Å². The maximum atomic E-state index is 12.2. The second-order valence-electron chi connectivity index (χ2n) is 6.73. The van der Waals surface area contributed by atoms with Gasteiger partial charge in [0.2, 0.25) is 5.91 Å². The number of anilines is 1. The van der Waals surface area contributed by atoms with Crippen molar-refractivity contribution in [1.29, 1.82) is 5.26 Å². The number of benzene rings is 2. The van der Waals surface area contributed by atoms with E-state index in [2.05, 4.69) is 5.32 Å². The monoisotopic (exact) mass is 352 g/mol. The number of hydrogen-bond donors (Lipinski definition) is 2. The summed E-state index contributed by atoms with van der Waals surface area (Å²) in [6, 6.07) is 15.7. The predicted octanol–water partition coefficient (Wildman–Crippen LogP) is 4.18. The van der Waals surface area contributed by atoms with Crippen LogP contribution in [0.1, 0.15) is 32.3 Å². The number of ether oxygens (including phenoxy) is 1. The average molecular weight is 352 g/mol. The first-order chi connectivity index (χ1) is 12.3. The van der Waals surface area contributed by atoms with Gasteiger partial charge in [-0.2, -0.15) is 5.26 Å². The number of aliphatic carboxylic acids is 1. The standard InChI is InChI=1S/C20H20N2O4/c1-20(2,12-19(24)25)11-18(23)22-15-4-3-5-17(10-15)26-16-8-6-14(13-21)7-9-16/h3-10H,11-12H2,1-2H3,(H,22,23)(H,24,25). The molecule has 0 aliphatic heterocycles. The van der Waals surface area contributed by atoms with Crippen molar-refractivity contribution in [3.05, 3.63) is 54.1 Å². The van der Waals surface area contributed by atoms with Crippen LogP contribution < -0.4 is 10.1 Å². The summed E-state index contributed by atoms with van der Waals surface area (Å²) in [7, 11) is 0. The van der Waals surface area contributed by atoms with Crippen LogP contribution in [0.25, 0.3) is 0 Å². The Bertz CT molecular complexity index is 836. The van der Waals surface area contributed by atoms with E-state index in [1.54, 1.807) is 62.4 Å². The maximum Gasteiger partial charge on any atom is 0.303 e. The maximum absolute atomic E-state index is 12.2. The Labute approximate surface area is 152 Å². The van der Waals surface area contributed by atoms with Gasteiger partial charge >= 0.3 is 5.97 Å². The molecule has 0 aromatic heterocycles. The molecule has 2 N–H and O–H groups in total. The second-order valence-corrected chi connectivity index (χ2v) is 6.73. The number of carbonyl (C=O) groups is 2. The molecule has 2 aromatic rings. The first-order valence-electron chi connectivity index (χ1n) is 8.07. The van der Waals surface area contributed by atoms with E-state index in [-0.39, 0.29) is 18.7 Å². The molecule has 0 spiro atoms. The van der Waals surface area contributed by atoms with E-state index in [0.29, 0.717) is 22.7 Å². The van der Waals surface area contributed by atoms with Gasteiger partial charge in [0.25, 0.3) is 0 Å². The van der Waals surface area contributed by atoms with Crippen LogP contribution in [0.4, 0.5) is 5.69 Å². The van der Waals surface area contributed by atoms with Crippen molar-refractivity contribution in [1.82, 2.24) is 0 Å². The Morgan fingerprint density at radius 2 is 1.81 bits per heavy atom. The molecule has 0 saturated heterocycles. The van der Waals surface area contributed by atoms with E-state index >= 15 is 0 Å². The summed E-state index contributed by atoms with van der Waals surface area (Å²) >= 11 is 0. The van der Waals surface area contributed by atoms with Crippen molar-refractivity contribution in [3.8, 4) is 17.6 Å². The highest BCUT2D eigenvalue weighted by Crippen LogP contribution is 2.27. The predicted molar refractivity (Wildman–Crippen MR) is 97.0 cm³/mol. The number of hydrogen-bond acceptors (Lipinski definition) is 4. The molecule has 6 nitrogen and oxygen atoms in total. The first-order valence-corrected chi connectivity index (χ1v) is 8.07. The lowest BCUT2D eigenvalue weighted by Gasteiger charge is -2.21. The molecular weight excluding hydrogens is 332 g/mol. The molecule has 0 heterocycles. The summed E-state index contributed by atoms with van der Waals surface area (Å²) < 4.78 is 5.72. The summed E-state index contributed by atoms with van der Waals surface area (Å²) in [5, 5.41) is 20.5. The Morgan fingerprint density at radius 1 is 1.12 bits per heavy atom. The van der Waals surface area contributed by atoms with Crippen molar-refractivity contribution >= 4 is 17.6 Å². The van der Waals surface area contributed by atoms with Crippen molar-refractivity contribution in [2.75, 3.05) is 5.32 Å². The fraction of sp³-hybridized carbons (Fsp3) is 0.250. The average Bonchev–Trinajstić information content (AvgIpc) is 2.54. The summed E-state index contributed by atoms with van der Waals surface area (Å²) in [5.74, 6) is -0.0697. The zero-order chi connectivity index (χ0) is 19.2. The summed E-state index contributed by atoms with van der Waals surface area (Å²) in [5.41, 5.74) is 0.474. The fourth-order valence-corrected chi connectivity index (χ4v) is 2.48. The molecule has 26 heavy (non-hydrogen) atoms. The number of carboxylic acids is 1. The molecule has 0 aliphatic carbocycles. The smallest absolute Gasteiger partial charge is 0.303 e. The van der Waals surface area contributed by atoms with E-state index in [4.69, 9.17) is 15.1 Å². The van der Waals surface area contributed by atoms with Crippen LogP contribution in [0.2, 0.25) is 0 Å². The molecule has 0 bridgehead atoms. The zero-order valence-electron chi connectivity index (χ0n) is 14.7. The van der Waals surface area contributed by atoms with Crippen LogP contribution in [0.15, 0.2) is 48.5 Å². The Morgan fingerprint density at radius 3 is 2.42 bits per heavy atom. The minimum absolute atomic E-state index is 0.0811. The molecular formula is C20H20N2O4. The number of amides is 1. The third-order valence-corrected chi connectivity index (χ3v) is 3.61. The highest BCUT2D eigenvalue weighted by Gasteiger charge is 2.25. The van der Waals surface area contributed by atoms with Gasteiger partial charge in [0.15, 0.2) is 0 Å². The molecule has 0 saturated carbocycles. The SMILES string of the molecule is CC(C)(CC(=O)O)CC(=O)Nc1cccc(Oc2ccc(C#N)cc2)c1. The number of nitriles is 1. The van der Waals surface area contributed by atoms with Crippen LogP contribution in [0.3, 0.4) is 0 Å². The quantitative estimate of drug-likeness (QED) is 0.779. The van der Waals surface area contributed by atoms with Crippen molar-refractivity contribution in [3.63, 3.8) is 0 Å². The Hall–Kier alpha value is -3.33. The molecule has 6 heteroatoms. The first kappa shape index (κ1) is 19.0. The van der Waals surface area contributed by atoms with Crippen molar-refractivity contribution < 1.29 is 19.4 Å². The normalized spacial score (nSPS) is 10.7. The van der Waals surface area contributed by atoms with Gasteiger partial charge in [-0.1, -0.05) is 19.9 Å². The third kappa shape index (κ3) is 5.95. The van der Waals surface area contributed by atoms with Gasteiger partial charge in [-0.3, -0.25) is 9.59 Å². The third-order valence-electron chi connectivity index (χ3n) is 3.61. The number of carbonyl (C=O) groups excluding carboxylic acids is 1. The largest absolute Gasteiger partial charge is 0.481 e. The Balaban J connectivity index is 2.01. The van der Waals surface area contributed by atoms with Crippen LogP contribution in [0, 0.1) is 16.7 Å². The minimum Gasteiger partial charge on any atom is -0.481 e. The van der Waals surface area contributed by atoms with E-state index < -0.39 is 11.4 Å². The van der Waals surface area contributed by atoms with Gasteiger partial charge in [0.05, 0.1) is 18.1 Å². The number of carboxylic acid groups (broad SMARTS) is 1. The number of nitrogens with one attached hydrogen (secondary N) is 1. The summed E-state index contributed by atoms with van der Waals surface area (Å²) in [6.45, 7) is 3.48. The molecule has 0 radical (unpaired) electrons. The molecule has 2 rings (SSSR count). The van der Waals surface area contributed by atoms with Crippen molar-refractivity contribution in [2.24, 2.45) is 5.41 Å². The topological polar surface area (TPSA) is 99.4 Å². The van der Waals surface area contributed by atoms with E-state index in [1.807, 2.05) is 6.07 Å². The molecule has 134 valence electrons. The molecule has 0 aliphatic rings. The second kappa shape index (κ2) is 8.17. The lowest BCUT2D eigenvalue weighted by atomic mass is 9.85. The van der Waals surface area contributed by atoms with E-state index in [0.717, 1.165) is 0 Å². The van der Waals surface area contributed by atoms with Gasteiger partial charge in [-0.05, 0) is 41.8 Å². The molecule has 0 atom stereocenters. The molecule has 0 unspecified atom stereocenters. The molecule has 0 fully saturated rings. The summed E-state index contributed by atoms with van der Waals surface area (Å²) in [6.07, 6.45) is 0.0161. The van der Waals surface area contributed by atoms with Crippen LogP contribution in [-0.2, 0) is 9.59 Å². The molecule has 2 aromatic carbocycles. The lowest BCUT2D eigenvalue weighted by molar-refractivity contribution is -0.139. The van der Waals surface area contributed by atoms with E-state index in [9.17, 15) is 9.59 Å². The van der Waals surface area contributed by atoms with Gasteiger partial charge in [0.1, 0.15) is 11.5 Å². The van der Waals surface area contributed by atoms with Crippen molar-refractivity contribution in [2.45, 2.75) is 26.7 Å². The lowest BCUT2D eigenvalue weighted by Crippen LogP contribution is -2.24. The highest BCUT2D eigenvalue weighted by atomic mass is 16.5. The number of nitrogens with zero attached hydrogens (tertiary/aromatic N) is 1. The minimum atomic E-state index is -0.930. The van der Waals surface area contributed by atoms with Gasteiger partial charge in [0, 0.05) is 18.2 Å². The van der Waals surface area contributed by atoms with Crippen LogP contribution in [-0.4, -0.2) is 17.0 Å². The van der Waals surface area contributed by atoms with Crippen LogP contribution >= 0.6 is 0 Å². The van der Waals surface area contributed by atoms with Gasteiger partial charge in [-0.15, -0.1) is 0 Å². The highest BCUT2D eigenvalue weighted by molar-refractivity contribution is 5.91.